The van der Waals surface area contributed by atoms with E-state index >= 15 is 0 Å². The van der Waals surface area contributed by atoms with Crippen molar-refractivity contribution in [1.82, 2.24) is 9.97 Å². The first kappa shape index (κ1) is 9.73. The highest BCUT2D eigenvalue weighted by molar-refractivity contribution is 7.98. The summed E-state index contributed by atoms with van der Waals surface area (Å²) in [6, 6.07) is 0. The van der Waals surface area contributed by atoms with Crippen LogP contribution in [0.4, 0.5) is 5.82 Å². The second-order valence-corrected chi connectivity index (χ2v) is 4.19. The lowest BCUT2D eigenvalue weighted by atomic mass is 10.2. The number of nitrogens with two attached hydrogens (primary N) is 1. The number of anilines is 1. The molecule has 1 aromatic rings. The lowest BCUT2D eigenvalue weighted by molar-refractivity contribution is 0.866. The molecule has 0 bridgehead atoms. The smallest absolute Gasteiger partial charge is 0.133 e. The fraction of sp³-hybridized carbons (Fsp3) is 0.556. The molecule has 0 aromatic carbocycles. The van der Waals surface area contributed by atoms with Crippen LogP contribution in [0, 0.1) is 0 Å². The SMILES string of the molecule is NCCCNc1ncnc2c1CSC2. The predicted molar refractivity (Wildman–Crippen MR) is 59.2 cm³/mol. The summed E-state index contributed by atoms with van der Waals surface area (Å²) in [7, 11) is 0. The molecule has 2 rings (SSSR count). The molecule has 3 N–H and O–H groups in total. The zero-order valence-electron chi connectivity index (χ0n) is 7.99. The average Bonchev–Trinajstić information content (AvgIpc) is 2.67. The third-order valence-corrected chi connectivity index (χ3v) is 3.16. The average molecular weight is 210 g/mol. The Morgan fingerprint density at radius 1 is 1.43 bits per heavy atom. The normalized spacial score (nSPS) is 14.1. The summed E-state index contributed by atoms with van der Waals surface area (Å²) in [5, 5.41) is 3.30. The van der Waals surface area contributed by atoms with E-state index in [1.54, 1.807) is 6.33 Å². The number of fused-ring (bicyclic) bond motifs is 1. The van der Waals surface area contributed by atoms with Gasteiger partial charge < -0.3 is 11.1 Å². The third kappa shape index (κ3) is 1.99. The van der Waals surface area contributed by atoms with Gasteiger partial charge in [-0.2, -0.15) is 11.8 Å². The third-order valence-electron chi connectivity index (χ3n) is 2.19. The lowest BCUT2D eigenvalue weighted by Crippen LogP contribution is -2.11. The van der Waals surface area contributed by atoms with Crippen molar-refractivity contribution < 1.29 is 0 Å². The summed E-state index contributed by atoms with van der Waals surface area (Å²) >= 11 is 1.89. The second-order valence-electron chi connectivity index (χ2n) is 3.21. The topological polar surface area (TPSA) is 63.8 Å². The van der Waals surface area contributed by atoms with E-state index in [0.717, 1.165) is 36.8 Å². The number of rotatable bonds is 4. The van der Waals surface area contributed by atoms with E-state index < -0.39 is 0 Å². The molecule has 1 aliphatic heterocycles. The number of hydrogen-bond donors (Lipinski definition) is 2. The molecule has 1 aromatic heterocycles. The molecule has 0 saturated heterocycles. The molecule has 0 saturated carbocycles. The van der Waals surface area contributed by atoms with Crippen LogP contribution in [-0.2, 0) is 11.5 Å². The largest absolute Gasteiger partial charge is 0.370 e. The molecule has 14 heavy (non-hydrogen) atoms. The van der Waals surface area contributed by atoms with E-state index in [4.69, 9.17) is 5.73 Å². The van der Waals surface area contributed by atoms with Crippen LogP contribution >= 0.6 is 11.8 Å². The Morgan fingerprint density at radius 2 is 2.36 bits per heavy atom. The van der Waals surface area contributed by atoms with E-state index in [2.05, 4.69) is 15.3 Å². The quantitative estimate of drug-likeness (QED) is 0.725. The van der Waals surface area contributed by atoms with Crippen LogP contribution in [0.5, 0.6) is 0 Å². The summed E-state index contributed by atoms with van der Waals surface area (Å²) in [6.07, 6.45) is 2.61. The van der Waals surface area contributed by atoms with Crippen molar-refractivity contribution in [1.29, 1.82) is 0 Å². The van der Waals surface area contributed by atoms with E-state index in [1.165, 1.54) is 11.3 Å². The zero-order valence-corrected chi connectivity index (χ0v) is 8.81. The van der Waals surface area contributed by atoms with Crippen LogP contribution in [-0.4, -0.2) is 23.1 Å². The summed E-state index contributed by atoms with van der Waals surface area (Å²) in [6.45, 7) is 1.61. The molecule has 0 amide bonds. The van der Waals surface area contributed by atoms with Gasteiger partial charge in [-0.25, -0.2) is 9.97 Å². The van der Waals surface area contributed by atoms with Crippen LogP contribution in [0.2, 0.25) is 0 Å². The number of nitrogens with one attached hydrogen (secondary N) is 1. The van der Waals surface area contributed by atoms with Gasteiger partial charge in [0.2, 0.25) is 0 Å². The van der Waals surface area contributed by atoms with Crippen molar-refractivity contribution in [2.45, 2.75) is 17.9 Å². The first-order valence-electron chi connectivity index (χ1n) is 4.76. The van der Waals surface area contributed by atoms with Crippen molar-refractivity contribution >= 4 is 17.6 Å². The van der Waals surface area contributed by atoms with Crippen molar-refractivity contribution in [3.63, 3.8) is 0 Å². The van der Waals surface area contributed by atoms with Crippen molar-refractivity contribution in [2.24, 2.45) is 5.73 Å². The number of aromatic nitrogens is 2. The van der Waals surface area contributed by atoms with Gasteiger partial charge >= 0.3 is 0 Å². The highest BCUT2D eigenvalue weighted by atomic mass is 32.2. The number of nitrogens with zero attached hydrogens (tertiary/aromatic N) is 2. The van der Waals surface area contributed by atoms with Gasteiger partial charge in [0.25, 0.3) is 0 Å². The maximum atomic E-state index is 5.43. The van der Waals surface area contributed by atoms with Crippen LogP contribution < -0.4 is 11.1 Å². The maximum absolute atomic E-state index is 5.43. The molecule has 0 fully saturated rings. The molecule has 0 spiro atoms. The van der Waals surface area contributed by atoms with Crippen molar-refractivity contribution in [2.75, 3.05) is 18.4 Å². The highest BCUT2D eigenvalue weighted by Gasteiger charge is 2.16. The molecular weight excluding hydrogens is 196 g/mol. The van der Waals surface area contributed by atoms with Crippen LogP contribution in [0.1, 0.15) is 17.7 Å². The van der Waals surface area contributed by atoms with Crippen LogP contribution in [0.3, 0.4) is 0 Å². The van der Waals surface area contributed by atoms with Crippen molar-refractivity contribution in [3.8, 4) is 0 Å². The molecular formula is C9H14N4S. The van der Waals surface area contributed by atoms with E-state index in [9.17, 15) is 0 Å². The standard InChI is InChI=1S/C9H14N4S/c10-2-1-3-11-9-7-4-14-5-8(7)12-6-13-9/h6H,1-5,10H2,(H,11,12,13). The first-order chi connectivity index (χ1) is 6.92. The summed E-state index contributed by atoms with van der Waals surface area (Å²) in [4.78, 5) is 8.50. The monoisotopic (exact) mass is 210 g/mol. The van der Waals surface area contributed by atoms with E-state index in [0.29, 0.717) is 0 Å². The minimum absolute atomic E-state index is 0.717. The molecule has 5 heteroatoms. The molecule has 1 aliphatic rings. The van der Waals surface area contributed by atoms with Gasteiger partial charge in [0.05, 0.1) is 5.69 Å². The molecule has 0 unspecified atom stereocenters. The van der Waals surface area contributed by atoms with Gasteiger partial charge in [-0.3, -0.25) is 0 Å². The highest BCUT2D eigenvalue weighted by Crippen LogP contribution is 2.31. The van der Waals surface area contributed by atoms with Gasteiger partial charge in [0, 0.05) is 23.6 Å². The maximum Gasteiger partial charge on any atom is 0.133 e. The zero-order chi connectivity index (χ0) is 9.80. The Bertz CT molecular complexity index is 316. The molecule has 76 valence electrons. The van der Waals surface area contributed by atoms with Gasteiger partial charge in [0.15, 0.2) is 0 Å². The number of hydrogen-bond acceptors (Lipinski definition) is 5. The van der Waals surface area contributed by atoms with Crippen molar-refractivity contribution in [3.05, 3.63) is 17.6 Å². The lowest BCUT2D eigenvalue weighted by Gasteiger charge is -2.07. The molecule has 0 atom stereocenters. The minimum Gasteiger partial charge on any atom is -0.370 e. The Balaban J connectivity index is 2.06. The molecule has 0 aliphatic carbocycles. The summed E-state index contributed by atoms with van der Waals surface area (Å²) in [5.74, 6) is 3.04. The molecule has 0 radical (unpaired) electrons. The Kier molecular flexibility index (Phi) is 3.21. The second kappa shape index (κ2) is 4.61. The Morgan fingerprint density at radius 3 is 3.21 bits per heavy atom. The Hall–Kier alpha value is -0.810. The van der Waals surface area contributed by atoms with Crippen LogP contribution in [0.15, 0.2) is 6.33 Å². The minimum atomic E-state index is 0.717. The van der Waals surface area contributed by atoms with Gasteiger partial charge in [-0.1, -0.05) is 0 Å². The predicted octanol–water partition coefficient (Wildman–Crippen LogP) is 0.984. The summed E-state index contributed by atoms with van der Waals surface area (Å²) < 4.78 is 0. The van der Waals surface area contributed by atoms with Crippen LogP contribution in [0.25, 0.3) is 0 Å². The van der Waals surface area contributed by atoms with Gasteiger partial charge in [-0.15, -0.1) is 0 Å². The number of thioether (sulfide) groups is 1. The fourth-order valence-electron chi connectivity index (χ4n) is 1.44. The fourth-order valence-corrected chi connectivity index (χ4v) is 2.49. The molecule has 2 heterocycles. The Labute approximate surface area is 87.7 Å². The van der Waals surface area contributed by atoms with E-state index in [1.807, 2.05) is 11.8 Å². The summed E-state index contributed by atoms with van der Waals surface area (Å²) in [5.41, 5.74) is 7.88. The molecule has 4 nitrogen and oxygen atoms in total. The van der Waals surface area contributed by atoms with Gasteiger partial charge in [0.1, 0.15) is 12.1 Å². The van der Waals surface area contributed by atoms with E-state index in [-0.39, 0.29) is 0 Å². The first-order valence-corrected chi connectivity index (χ1v) is 5.91. The van der Waals surface area contributed by atoms with Gasteiger partial charge in [-0.05, 0) is 13.0 Å².